The molecule has 0 spiro atoms. The molecule has 0 aromatic heterocycles. The Balaban J connectivity index is 2.39. The van der Waals surface area contributed by atoms with Crippen molar-refractivity contribution in [2.24, 2.45) is 0 Å². The molecule has 0 bridgehead atoms. The van der Waals surface area contributed by atoms with E-state index in [0.717, 1.165) is 5.57 Å². The molecular formula is C13H17ClFNO. The fraction of sp³-hybridized carbons (Fsp3) is 0.385. The maximum Gasteiger partial charge on any atom is 0.142 e. The van der Waals surface area contributed by atoms with E-state index in [9.17, 15) is 4.39 Å². The minimum absolute atomic E-state index is 0.0633. The second kappa shape index (κ2) is 6.62. The van der Waals surface area contributed by atoms with Crippen molar-refractivity contribution >= 4 is 11.6 Å². The molecule has 0 fully saturated rings. The molecule has 0 unspecified atom stereocenters. The van der Waals surface area contributed by atoms with Crippen LogP contribution in [0.1, 0.15) is 13.8 Å². The minimum atomic E-state index is -0.445. The van der Waals surface area contributed by atoms with E-state index in [0.29, 0.717) is 24.9 Å². The van der Waals surface area contributed by atoms with Crippen molar-refractivity contribution in [3.63, 3.8) is 0 Å². The second-order valence-corrected chi connectivity index (χ2v) is 4.56. The zero-order valence-electron chi connectivity index (χ0n) is 10.1. The zero-order chi connectivity index (χ0) is 12.8. The van der Waals surface area contributed by atoms with Gasteiger partial charge < -0.3 is 10.1 Å². The summed E-state index contributed by atoms with van der Waals surface area (Å²) in [7, 11) is 0. The van der Waals surface area contributed by atoms with E-state index in [1.54, 1.807) is 6.07 Å². The van der Waals surface area contributed by atoms with Crippen LogP contribution in [0.25, 0.3) is 0 Å². The first kappa shape index (κ1) is 14.0. The lowest BCUT2D eigenvalue weighted by Gasteiger charge is -2.12. The standard InChI is InChI=1S/C13H17ClFNO/c1-9(2)16-7-10(3)8-17-11-4-5-13(15)12(14)6-11/h4-6,9,16H,3,7-8H2,1-2H3. The number of ether oxygens (including phenoxy) is 1. The Morgan fingerprint density at radius 1 is 1.53 bits per heavy atom. The second-order valence-electron chi connectivity index (χ2n) is 4.15. The summed E-state index contributed by atoms with van der Waals surface area (Å²) >= 11 is 5.64. The molecular weight excluding hydrogens is 241 g/mol. The number of rotatable bonds is 6. The predicted octanol–water partition coefficient (Wildman–Crippen LogP) is 3.41. The molecule has 0 radical (unpaired) electrons. The van der Waals surface area contributed by atoms with Crippen molar-refractivity contribution in [2.45, 2.75) is 19.9 Å². The largest absolute Gasteiger partial charge is 0.489 e. The molecule has 94 valence electrons. The molecule has 4 heteroatoms. The monoisotopic (exact) mass is 257 g/mol. The summed E-state index contributed by atoms with van der Waals surface area (Å²) in [5, 5.41) is 3.30. The highest BCUT2D eigenvalue weighted by atomic mass is 35.5. The van der Waals surface area contributed by atoms with Gasteiger partial charge in [0.1, 0.15) is 18.2 Å². The van der Waals surface area contributed by atoms with Crippen LogP contribution in [0.2, 0.25) is 5.02 Å². The van der Waals surface area contributed by atoms with Crippen LogP contribution in [0.15, 0.2) is 30.4 Å². The quantitative estimate of drug-likeness (QED) is 0.789. The summed E-state index contributed by atoms with van der Waals surface area (Å²) in [6.07, 6.45) is 0. The van der Waals surface area contributed by atoms with Crippen LogP contribution in [-0.4, -0.2) is 19.2 Å². The van der Waals surface area contributed by atoms with Crippen LogP contribution < -0.4 is 10.1 Å². The lowest BCUT2D eigenvalue weighted by Crippen LogP contribution is -2.26. The van der Waals surface area contributed by atoms with E-state index in [-0.39, 0.29) is 5.02 Å². The highest BCUT2D eigenvalue weighted by Gasteiger charge is 2.02. The van der Waals surface area contributed by atoms with Crippen molar-refractivity contribution in [1.29, 1.82) is 0 Å². The molecule has 0 aliphatic heterocycles. The van der Waals surface area contributed by atoms with Gasteiger partial charge in [-0.2, -0.15) is 0 Å². The molecule has 1 aromatic rings. The first-order valence-electron chi connectivity index (χ1n) is 5.47. The van der Waals surface area contributed by atoms with Crippen molar-refractivity contribution in [3.05, 3.63) is 41.2 Å². The number of hydrogen-bond acceptors (Lipinski definition) is 2. The Kier molecular flexibility index (Phi) is 5.45. The molecule has 0 heterocycles. The molecule has 2 nitrogen and oxygen atoms in total. The molecule has 0 saturated heterocycles. The predicted molar refractivity (Wildman–Crippen MR) is 69.2 cm³/mol. The Morgan fingerprint density at radius 3 is 2.82 bits per heavy atom. The summed E-state index contributed by atoms with van der Waals surface area (Å²) in [4.78, 5) is 0. The van der Waals surface area contributed by atoms with Gasteiger partial charge in [-0.3, -0.25) is 0 Å². The van der Waals surface area contributed by atoms with Crippen LogP contribution >= 0.6 is 11.6 Å². The number of hydrogen-bond donors (Lipinski definition) is 1. The first-order chi connectivity index (χ1) is 7.99. The van der Waals surface area contributed by atoms with Gasteiger partial charge in [-0.15, -0.1) is 0 Å². The number of halogens is 2. The summed E-state index contributed by atoms with van der Waals surface area (Å²) in [6, 6.07) is 4.70. The van der Waals surface area contributed by atoms with Crippen LogP contribution in [0, 0.1) is 5.82 Å². The van der Waals surface area contributed by atoms with Crippen molar-refractivity contribution in [2.75, 3.05) is 13.2 Å². The van der Waals surface area contributed by atoms with Gasteiger partial charge in [0.25, 0.3) is 0 Å². The van der Waals surface area contributed by atoms with E-state index in [1.807, 2.05) is 0 Å². The summed E-state index contributed by atoms with van der Waals surface area (Å²) in [5.41, 5.74) is 0.930. The Labute approximate surface area is 106 Å². The average Bonchev–Trinajstić information content (AvgIpc) is 2.28. The van der Waals surface area contributed by atoms with Gasteiger partial charge in [0.2, 0.25) is 0 Å². The maximum atomic E-state index is 12.9. The van der Waals surface area contributed by atoms with E-state index < -0.39 is 5.82 Å². The lowest BCUT2D eigenvalue weighted by atomic mass is 10.3. The summed E-state index contributed by atoms with van der Waals surface area (Å²) in [5.74, 6) is 0.0985. The van der Waals surface area contributed by atoms with Crippen LogP contribution in [-0.2, 0) is 0 Å². The third-order valence-corrected chi connectivity index (χ3v) is 2.38. The molecule has 0 amide bonds. The van der Waals surface area contributed by atoms with Crippen LogP contribution in [0.5, 0.6) is 5.75 Å². The van der Waals surface area contributed by atoms with Crippen molar-refractivity contribution in [3.8, 4) is 5.75 Å². The molecule has 1 rings (SSSR count). The zero-order valence-corrected chi connectivity index (χ0v) is 10.9. The molecule has 17 heavy (non-hydrogen) atoms. The summed E-state index contributed by atoms with van der Waals surface area (Å²) < 4.78 is 18.3. The third kappa shape index (κ3) is 5.20. The highest BCUT2D eigenvalue weighted by molar-refractivity contribution is 6.30. The molecule has 0 saturated carbocycles. The van der Waals surface area contributed by atoms with Crippen LogP contribution in [0.4, 0.5) is 4.39 Å². The number of benzene rings is 1. The highest BCUT2D eigenvalue weighted by Crippen LogP contribution is 2.21. The lowest BCUT2D eigenvalue weighted by molar-refractivity contribution is 0.346. The van der Waals surface area contributed by atoms with Gasteiger partial charge in [0.15, 0.2) is 0 Å². The number of nitrogens with one attached hydrogen (secondary N) is 1. The molecule has 1 aromatic carbocycles. The molecule has 0 aliphatic carbocycles. The topological polar surface area (TPSA) is 21.3 Å². The van der Waals surface area contributed by atoms with E-state index >= 15 is 0 Å². The van der Waals surface area contributed by atoms with E-state index in [4.69, 9.17) is 16.3 Å². The van der Waals surface area contributed by atoms with Gasteiger partial charge in [0, 0.05) is 18.7 Å². The van der Waals surface area contributed by atoms with Crippen molar-refractivity contribution in [1.82, 2.24) is 5.32 Å². The van der Waals surface area contributed by atoms with Gasteiger partial charge in [0.05, 0.1) is 5.02 Å². The smallest absolute Gasteiger partial charge is 0.142 e. The third-order valence-electron chi connectivity index (χ3n) is 2.09. The Bertz CT molecular complexity index is 393. The van der Waals surface area contributed by atoms with Gasteiger partial charge in [-0.1, -0.05) is 32.0 Å². The SMILES string of the molecule is C=C(CNC(C)C)COc1ccc(F)c(Cl)c1. The normalized spacial score (nSPS) is 10.6. The van der Waals surface area contributed by atoms with Gasteiger partial charge in [-0.25, -0.2) is 4.39 Å². The Morgan fingerprint density at radius 2 is 2.24 bits per heavy atom. The van der Waals surface area contributed by atoms with Crippen LogP contribution in [0.3, 0.4) is 0 Å². The summed E-state index contributed by atoms with van der Waals surface area (Å²) in [6.45, 7) is 9.11. The van der Waals surface area contributed by atoms with E-state index in [1.165, 1.54) is 12.1 Å². The Hall–Kier alpha value is -1.06. The molecule has 0 atom stereocenters. The van der Waals surface area contributed by atoms with Gasteiger partial charge >= 0.3 is 0 Å². The minimum Gasteiger partial charge on any atom is -0.489 e. The fourth-order valence-corrected chi connectivity index (χ4v) is 1.32. The van der Waals surface area contributed by atoms with Crippen molar-refractivity contribution < 1.29 is 9.13 Å². The van der Waals surface area contributed by atoms with E-state index in [2.05, 4.69) is 25.7 Å². The molecule has 1 N–H and O–H groups in total. The average molecular weight is 258 g/mol. The first-order valence-corrected chi connectivity index (χ1v) is 5.84. The maximum absolute atomic E-state index is 12.9. The molecule has 0 aliphatic rings. The fourth-order valence-electron chi connectivity index (χ4n) is 1.15. The van der Waals surface area contributed by atoms with Gasteiger partial charge in [-0.05, 0) is 17.7 Å².